The van der Waals surface area contributed by atoms with Gasteiger partial charge in [0.25, 0.3) is 5.91 Å². The number of aryl methyl sites for hydroxylation is 1. The first-order valence-electron chi connectivity index (χ1n) is 12.1. The fourth-order valence-electron chi connectivity index (χ4n) is 5.85. The summed E-state index contributed by atoms with van der Waals surface area (Å²) in [4.78, 5) is 39.7. The average molecular weight is 550 g/mol. The number of fused-ring (bicyclic) bond motifs is 3. The highest BCUT2D eigenvalue weighted by atomic mass is 32.2. The molecule has 0 heterocycles. The Morgan fingerprint density at radius 3 is 2.45 bits per heavy atom. The van der Waals surface area contributed by atoms with E-state index in [9.17, 15) is 43.2 Å². The molecule has 3 aliphatic rings. The summed E-state index contributed by atoms with van der Waals surface area (Å²) >= 11 is 0. The van der Waals surface area contributed by atoms with Gasteiger partial charge in [0.2, 0.25) is 15.8 Å². The number of aromatic hydroxyl groups is 1. The summed E-state index contributed by atoms with van der Waals surface area (Å²) in [6, 6.07) is 1.74. The number of aliphatic hydroxyl groups excluding tert-OH is 2. The summed E-state index contributed by atoms with van der Waals surface area (Å²) in [6.45, 7) is 0.126. The molecule has 1 fully saturated rings. The van der Waals surface area contributed by atoms with Crippen molar-refractivity contribution in [1.82, 2.24) is 4.72 Å². The van der Waals surface area contributed by atoms with Crippen molar-refractivity contribution in [3.8, 4) is 5.75 Å². The van der Waals surface area contributed by atoms with Gasteiger partial charge in [-0.15, -0.1) is 0 Å². The number of phenolic OH excluding ortho intramolecular Hbond substituents is 1. The number of primary amides is 1. The molecule has 0 unspecified atom stereocenters. The second kappa shape index (κ2) is 9.40. The molecule has 0 radical (unpaired) electrons. The highest BCUT2D eigenvalue weighted by Gasteiger charge is 2.60. The number of phenols is 1. The van der Waals surface area contributed by atoms with Gasteiger partial charge in [0.15, 0.2) is 11.4 Å². The van der Waals surface area contributed by atoms with Gasteiger partial charge < -0.3 is 31.1 Å². The van der Waals surface area contributed by atoms with E-state index in [2.05, 4.69) is 4.72 Å². The third kappa shape index (κ3) is 4.33. The van der Waals surface area contributed by atoms with Crippen LogP contribution in [-0.4, -0.2) is 78.8 Å². The monoisotopic (exact) mass is 549 g/mol. The molecule has 1 saturated carbocycles. The van der Waals surface area contributed by atoms with Gasteiger partial charge in [-0.1, -0.05) is 0 Å². The number of Topliss-reactive ketones (excluding diaryl/α,β-unsaturated/α-hetero) is 2. The van der Waals surface area contributed by atoms with Crippen molar-refractivity contribution in [2.24, 2.45) is 17.6 Å². The van der Waals surface area contributed by atoms with Gasteiger partial charge in [-0.2, -0.15) is 0 Å². The van der Waals surface area contributed by atoms with Gasteiger partial charge in [0.05, 0.1) is 11.8 Å². The minimum Gasteiger partial charge on any atom is -0.508 e. The first kappa shape index (κ1) is 27.6. The molecule has 3 atom stereocenters. The molecule has 0 aromatic heterocycles. The lowest BCUT2D eigenvalue weighted by Gasteiger charge is -2.46. The Kier molecular flexibility index (Phi) is 6.83. The molecule has 0 bridgehead atoms. The van der Waals surface area contributed by atoms with E-state index in [0.29, 0.717) is 23.2 Å². The van der Waals surface area contributed by atoms with E-state index < -0.39 is 62.0 Å². The third-order valence-electron chi connectivity index (χ3n) is 7.59. The van der Waals surface area contributed by atoms with Gasteiger partial charge in [0, 0.05) is 44.2 Å². The van der Waals surface area contributed by atoms with E-state index in [1.54, 1.807) is 25.1 Å². The molecule has 7 N–H and O–H groups in total. The number of nitrogens with two attached hydrogens (primary N) is 1. The average Bonchev–Trinajstić information content (AvgIpc) is 2.79. The van der Waals surface area contributed by atoms with Crippen molar-refractivity contribution in [2.45, 2.75) is 37.7 Å². The van der Waals surface area contributed by atoms with E-state index in [0.717, 1.165) is 6.26 Å². The van der Waals surface area contributed by atoms with Crippen LogP contribution in [0.25, 0.3) is 5.76 Å². The van der Waals surface area contributed by atoms with Crippen LogP contribution < -0.4 is 15.4 Å². The van der Waals surface area contributed by atoms with Crippen LogP contribution in [0.4, 0.5) is 5.69 Å². The number of ketones is 2. The minimum atomic E-state index is -3.39. The Morgan fingerprint density at radius 2 is 1.87 bits per heavy atom. The van der Waals surface area contributed by atoms with E-state index in [1.807, 2.05) is 0 Å². The number of rotatable bonds is 7. The second-order valence-corrected chi connectivity index (χ2v) is 12.2. The Hall–Kier alpha value is -3.42. The molecule has 0 saturated heterocycles. The van der Waals surface area contributed by atoms with Crippen LogP contribution in [-0.2, 0) is 37.2 Å². The lowest BCUT2D eigenvalue weighted by Crippen LogP contribution is -2.58. The van der Waals surface area contributed by atoms with E-state index >= 15 is 0 Å². The fourth-order valence-corrected chi connectivity index (χ4v) is 6.36. The minimum absolute atomic E-state index is 0.00871. The van der Waals surface area contributed by atoms with Crippen LogP contribution in [0.3, 0.4) is 0 Å². The van der Waals surface area contributed by atoms with Crippen LogP contribution in [0, 0.1) is 11.8 Å². The maximum atomic E-state index is 13.7. The number of benzene rings is 1. The van der Waals surface area contributed by atoms with Crippen molar-refractivity contribution in [3.63, 3.8) is 0 Å². The zero-order valence-electron chi connectivity index (χ0n) is 21.2. The molecule has 1 aromatic rings. The van der Waals surface area contributed by atoms with E-state index in [-0.39, 0.29) is 49.1 Å². The predicted octanol–water partition coefficient (Wildman–Crippen LogP) is -0.0283. The van der Waals surface area contributed by atoms with Crippen LogP contribution in [0.2, 0.25) is 0 Å². The number of anilines is 1. The summed E-state index contributed by atoms with van der Waals surface area (Å²) in [5.74, 6) is -6.73. The van der Waals surface area contributed by atoms with E-state index in [1.165, 1.54) is 0 Å². The molecular formula is C25H31N3O9S. The standard InChI is InChI=1S/C25H31N3O9S/c1-28(2)15-9-11(5-4-6-27-38(3,36)37)20(30)18-14(15)8-12-7-13-10-16(29)19(24(26)34)23(33)25(13,35)22(32)17(12)21(18)31/h9,12-13,27,30-31,33,35H,4-8,10H2,1-3H3,(H2,26,34)/t12-,13+,25+/m1/s1. The molecule has 0 spiro atoms. The summed E-state index contributed by atoms with van der Waals surface area (Å²) in [6.07, 6.45) is 1.50. The number of nitrogens with one attached hydrogen (secondary N) is 1. The van der Waals surface area contributed by atoms with Crippen LogP contribution in [0.15, 0.2) is 23.0 Å². The largest absolute Gasteiger partial charge is 0.508 e. The van der Waals surface area contributed by atoms with Gasteiger partial charge in [-0.25, -0.2) is 13.1 Å². The Balaban J connectivity index is 1.83. The molecule has 1 amide bonds. The predicted molar refractivity (Wildman–Crippen MR) is 137 cm³/mol. The number of carbonyl (C=O) groups excluding carboxylic acids is 3. The fraction of sp³-hybridized carbons (Fsp3) is 0.480. The Labute approximate surface area is 219 Å². The maximum absolute atomic E-state index is 13.7. The summed E-state index contributed by atoms with van der Waals surface area (Å²) in [5.41, 5.74) is 3.20. The Morgan fingerprint density at radius 1 is 1.21 bits per heavy atom. The van der Waals surface area contributed by atoms with Crippen LogP contribution in [0.1, 0.15) is 36.0 Å². The number of sulfonamides is 1. The second-order valence-electron chi connectivity index (χ2n) is 10.3. The van der Waals surface area contributed by atoms with Gasteiger partial charge in [-0.3, -0.25) is 14.4 Å². The van der Waals surface area contributed by atoms with Gasteiger partial charge in [0.1, 0.15) is 22.8 Å². The molecule has 12 nitrogen and oxygen atoms in total. The number of nitrogens with zero attached hydrogens (tertiary/aromatic N) is 1. The highest BCUT2D eigenvalue weighted by Crippen LogP contribution is 2.53. The maximum Gasteiger partial charge on any atom is 0.255 e. The van der Waals surface area contributed by atoms with Crippen LogP contribution >= 0.6 is 0 Å². The normalized spacial score (nSPS) is 25.2. The molecule has 38 heavy (non-hydrogen) atoms. The number of hydrogen-bond acceptors (Lipinski definition) is 10. The molecule has 0 aliphatic heterocycles. The smallest absolute Gasteiger partial charge is 0.255 e. The zero-order valence-corrected chi connectivity index (χ0v) is 22.1. The zero-order chi connectivity index (χ0) is 28.3. The summed E-state index contributed by atoms with van der Waals surface area (Å²) < 4.78 is 25.1. The van der Waals surface area contributed by atoms with Crippen molar-refractivity contribution < 1.29 is 43.2 Å². The number of amides is 1. The molecule has 3 aliphatic carbocycles. The van der Waals surface area contributed by atoms with Crippen molar-refractivity contribution in [1.29, 1.82) is 0 Å². The number of hydrogen-bond donors (Lipinski definition) is 6. The molecule has 1 aromatic carbocycles. The van der Waals surface area contributed by atoms with Crippen molar-refractivity contribution >= 4 is 38.9 Å². The van der Waals surface area contributed by atoms with Crippen molar-refractivity contribution in [2.75, 3.05) is 31.8 Å². The summed E-state index contributed by atoms with van der Waals surface area (Å²) in [7, 11) is 0.160. The molecular weight excluding hydrogens is 518 g/mol. The topological polar surface area (TPSA) is 208 Å². The molecule has 13 heteroatoms. The first-order chi connectivity index (χ1) is 17.6. The lowest BCUT2D eigenvalue weighted by atomic mass is 9.59. The Bertz CT molecular complexity index is 1430. The summed E-state index contributed by atoms with van der Waals surface area (Å²) in [5, 5.41) is 44.5. The number of carbonyl (C=O) groups is 3. The van der Waals surface area contributed by atoms with Gasteiger partial charge in [-0.05, 0) is 48.8 Å². The lowest BCUT2D eigenvalue weighted by molar-refractivity contribution is -0.147. The van der Waals surface area contributed by atoms with E-state index in [4.69, 9.17) is 5.73 Å². The third-order valence-corrected chi connectivity index (χ3v) is 8.32. The number of aliphatic hydroxyl groups is 3. The highest BCUT2D eigenvalue weighted by molar-refractivity contribution is 7.88. The quantitative estimate of drug-likeness (QED) is 0.198. The van der Waals surface area contributed by atoms with Crippen LogP contribution in [0.5, 0.6) is 5.75 Å². The molecule has 4 rings (SSSR count). The SMILES string of the molecule is CN(C)c1cc(CCCNS(C)(=O)=O)c(O)c2c1C[C@H]1C[C@H]3CC(=O)C(C(N)=O)=C(O)[C@@]3(O)C(=O)C1=C2O. The van der Waals surface area contributed by atoms with Crippen molar-refractivity contribution in [3.05, 3.63) is 39.7 Å². The molecule has 206 valence electrons. The first-order valence-corrected chi connectivity index (χ1v) is 14.0. The van der Waals surface area contributed by atoms with Gasteiger partial charge >= 0.3 is 0 Å².